The lowest BCUT2D eigenvalue weighted by Gasteiger charge is -2.14. The van der Waals surface area contributed by atoms with Gasteiger partial charge in [-0.15, -0.1) is 0 Å². The molecule has 0 aliphatic heterocycles. The van der Waals surface area contributed by atoms with Gasteiger partial charge in [-0.3, -0.25) is 10.2 Å². The van der Waals surface area contributed by atoms with Crippen molar-refractivity contribution in [3.63, 3.8) is 0 Å². The van der Waals surface area contributed by atoms with E-state index in [4.69, 9.17) is 15.3 Å². The number of carbonyl (C=O) groups is 1. The van der Waals surface area contributed by atoms with Crippen LogP contribution in [-0.4, -0.2) is 20.1 Å². The van der Waals surface area contributed by atoms with Crippen LogP contribution in [-0.2, 0) is 11.2 Å². The van der Waals surface area contributed by atoms with E-state index in [0.717, 1.165) is 41.9 Å². The summed E-state index contributed by atoms with van der Waals surface area (Å²) < 4.78 is 10.7. The molecule has 0 saturated heterocycles. The van der Waals surface area contributed by atoms with Gasteiger partial charge < -0.3 is 9.47 Å². The van der Waals surface area contributed by atoms with Crippen LogP contribution in [0.15, 0.2) is 12.1 Å². The number of unbranched alkanes of at least 4 members (excludes halogenated alkanes) is 1. The van der Waals surface area contributed by atoms with E-state index in [-0.39, 0.29) is 5.91 Å². The largest absolute Gasteiger partial charge is 0.496 e. The average Bonchev–Trinajstić information content (AvgIpc) is 2.43. The van der Waals surface area contributed by atoms with Crippen molar-refractivity contribution in [2.24, 2.45) is 5.84 Å². The standard InChI is InChI=1S/C14H22N2O3/c1-10-12(18-2)9-8-11(14(10)19-3)6-4-5-7-13(17)16-15/h8-9H,4-7,15H2,1-3H3,(H,16,17). The van der Waals surface area contributed by atoms with Crippen molar-refractivity contribution >= 4 is 5.91 Å². The zero-order chi connectivity index (χ0) is 14.3. The number of nitrogens with two attached hydrogens (primary N) is 1. The van der Waals surface area contributed by atoms with Gasteiger partial charge in [0, 0.05) is 12.0 Å². The summed E-state index contributed by atoms with van der Waals surface area (Å²) in [7, 11) is 3.31. The van der Waals surface area contributed by atoms with Crippen molar-refractivity contribution in [3.8, 4) is 11.5 Å². The van der Waals surface area contributed by atoms with Gasteiger partial charge in [-0.1, -0.05) is 6.07 Å². The molecule has 0 atom stereocenters. The first-order chi connectivity index (χ1) is 9.13. The molecule has 106 valence electrons. The first-order valence-corrected chi connectivity index (χ1v) is 6.34. The highest BCUT2D eigenvalue weighted by atomic mass is 16.5. The number of hydrogen-bond acceptors (Lipinski definition) is 4. The monoisotopic (exact) mass is 266 g/mol. The van der Waals surface area contributed by atoms with Crippen molar-refractivity contribution in [1.29, 1.82) is 0 Å². The fourth-order valence-electron chi connectivity index (χ4n) is 2.11. The van der Waals surface area contributed by atoms with Crippen molar-refractivity contribution in [1.82, 2.24) is 5.43 Å². The summed E-state index contributed by atoms with van der Waals surface area (Å²) in [4.78, 5) is 11.0. The minimum absolute atomic E-state index is 0.127. The van der Waals surface area contributed by atoms with Crippen LogP contribution >= 0.6 is 0 Å². The topological polar surface area (TPSA) is 73.6 Å². The van der Waals surface area contributed by atoms with Gasteiger partial charge in [-0.2, -0.15) is 0 Å². The molecule has 0 bridgehead atoms. The smallest absolute Gasteiger partial charge is 0.233 e. The first kappa shape index (κ1) is 15.3. The number of rotatable bonds is 7. The minimum atomic E-state index is -0.127. The second-order valence-corrected chi connectivity index (χ2v) is 4.36. The number of methoxy groups -OCH3 is 2. The van der Waals surface area contributed by atoms with E-state index in [1.807, 2.05) is 19.1 Å². The molecule has 5 nitrogen and oxygen atoms in total. The highest BCUT2D eigenvalue weighted by molar-refractivity contribution is 5.75. The predicted molar refractivity (Wildman–Crippen MR) is 74.2 cm³/mol. The summed E-state index contributed by atoms with van der Waals surface area (Å²) in [5.41, 5.74) is 4.27. The second-order valence-electron chi connectivity index (χ2n) is 4.36. The molecular weight excluding hydrogens is 244 g/mol. The molecule has 0 heterocycles. The molecule has 19 heavy (non-hydrogen) atoms. The maximum absolute atomic E-state index is 11.0. The Labute approximate surface area is 114 Å². The third-order valence-corrected chi connectivity index (χ3v) is 3.12. The lowest BCUT2D eigenvalue weighted by atomic mass is 10.0. The van der Waals surface area contributed by atoms with Gasteiger partial charge in [0.05, 0.1) is 14.2 Å². The molecule has 0 unspecified atom stereocenters. The van der Waals surface area contributed by atoms with Crippen LogP contribution in [0.1, 0.15) is 30.4 Å². The number of aryl methyl sites for hydroxylation is 1. The zero-order valence-corrected chi connectivity index (χ0v) is 11.8. The molecule has 0 radical (unpaired) electrons. The summed E-state index contributed by atoms with van der Waals surface area (Å²) in [6.07, 6.45) is 3.03. The van der Waals surface area contributed by atoms with Gasteiger partial charge in [0.15, 0.2) is 0 Å². The molecule has 3 N–H and O–H groups in total. The highest BCUT2D eigenvalue weighted by Gasteiger charge is 2.11. The predicted octanol–water partition coefficient (Wildman–Crippen LogP) is 1.71. The Bertz CT molecular complexity index is 433. The van der Waals surface area contributed by atoms with E-state index < -0.39 is 0 Å². The lowest BCUT2D eigenvalue weighted by Crippen LogP contribution is -2.29. The molecular formula is C14H22N2O3. The molecule has 0 fully saturated rings. The Hall–Kier alpha value is -1.75. The van der Waals surface area contributed by atoms with Crippen LogP contribution in [0.3, 0.4) is 0 Å². The average molecular weight is 266 g/mol. The fourth-order valence-corrected chi connectivity index (χ4v) is 2.11. The number of hydrazine groups is 1. The number of ether oxygens (including phenoxy) is 2. The van der Waals surface area contributed by atoms with E-state index in [1.54, 1.807) is 14.2 Å². The van der Waals surface area contributed by atoms with Crippen LogP contribution in [0.25, 0.3) is 0 Å². The summed E-state index contributed by atoms with van der Waals surface area (Å²) in [5, 5.41) is 0. The first-order valence-electron chi connectivity index (χ1n) is 6.34. The lowest BCUT2D eigenvalue weighted by molar-refractivity contribution is -0.121. The van der Waals surface area contributed by atoms with Crippen LogP contribution in [0.4, 0.5) is 0 Å². The Morgan fingerprint density at radius 1 is 1.26 bits per heavy atom. The quantitative estimate of drug-likeness (QED) is 0.341. The van der Waals surface area contributed by atoms with E-state index >= 15 is 0 Å². The van der Waals surface area contributed by atoms with Crippen molar-refractivity contribution in [2.75, 3.05) is 14.2 Å². The molecule has 1 amide bonds. The highest BCUT2D eigenvalue weighted by Crippen LogP contribution is 2.32. The molecule has 1 aromatic rings. The van der Waals surface area contributed by atoms with E-state index in [2.05, 4.69) is 5.43 Å². The molecule has 0 aromatic heterocycles. The summed E-state index contributed by atoms with van der Waals surface area (Å²) in [5.74, 6) is 6.59. The molecule has 5 heteroatoms. The van der Waals surface area contributed by atoms with Crippen molar-refractivity contribution in [2.45, 2.75) is 32.6 Å². The maximum Gasteiger partial charge on any atom is 0.233 e. The number of benzene rings is 1. The van der Waals surface area contributed by atoms with E-state index in [9.17, 15) is 4.79 Å². The SMILES string of the molecule is COc1ccc(CCCCC(=O)NN)c(OC)c1C. The van der Waals surface area contributed by atoms with Gasteiger partial charge in [0.1, 0.15) is 11.5 Å². The van der Waals surface area contributed by atoms with Crippen molar-refractivity contribution in [3.05, 3.63) is 23.3 Å². The van der Waals surface area contributed by atoms with E-state index in [0.29, 0.717) is 6.42 Å². The molecule has 0 spiro atoms. The number of nitrogens with one attached hydrogen (secondary N) is 1. The second kappa shape index (κ2) is 7.63. The summed E-state index contributed by atoms with van der Waals surface area (Å²) in [6.45, 7) is 1.98. The van der Waals surface area contributed by atoms with Crippen LogP contribution in [0, 0.1) is 6.92 Å². The number of hydrogen-bond donors (Lipinski definition) is 2. The zero-order valence-electron chi connectivity index (χ0n) is 11.8. The normalized spacial score (nSPS) is 10.1. The third-order valence-electron chi connectivity index (χ3n) is 3.12. The summed E-state index contributed by atoms with van der Waals surface area (Å²) in [6, 6.07) is 3.95. The Balaban J connectivity index is 2.63. The molecule has 0 aliphatic carbocycles. The molecule has 0 saturated carbocycles. The fraction of sp³-hybridized carbons (Fsp3) is 0.500. The Morgan fingerprint density at radius 3 is 2.58 bits per heavy atom. The van der Waals surface area contributed by atoms with Gasteiger partial charge in [0.25, 0.3) is 0 Å². The maximum atomic E-state index is 11.0. The van der Waals surface area contributed by atoms with Gasteiger partial charge in [-0.05, 0) is 37.8 Å². The number of carbonyl (C=O) groups excluding carboxylic acids is 1. The molecule has 1 aromatic carbocycles. The number of amides is 1. The van der Waals surface area contributed by atoms with E-state index in [1.165, 1.54) is 0 Å². The van der Waals surface area contributed by atoms with Gasteiger partial charge in [-0.25, -0.2) is 5.84 Å². The summed E-state index contributed by atoms with van der Waals surface area (Å²) >= 11 is 0. The molecule has 0 aliphatic rings. The Kier molecular flexibility index (Phi) is 6.15. The Morgan fingerprint density at radius 2 is 2.00 bits per heavy atom. The van der Waals surface area contributed by atoms with Crippen LogP contribution < -0.4 is 20.7 Å². The van der Waals surface area contributed by atoms with Crippen LogP contribution in [0.5, 0.6) is 11.5 Å². The van der Waals surface area contributed by atoms with Gasteiger partial charge in [0.2, 0.25) is 5.91 Å². The minimum Gasteiger partial charge on any atom is -0.496 e. The molecule has 1 rings (SSSR count). The van der Waals surface area contributed by atoms with Crippen LogP contribution in [0.2, 0.25) is 0 Å². The third kappa shape index (κ3) is 4.13. The van der Waals surface area contributed by atoms with Gasteiger partial charge >= 0.3 is 0 Å². The van der Waals surface area contributed by atoms with Crippen molar-refractivity contribution < 1.29 is 14.3 Å².